The van der Waals surface area contributed by atoms with Crippen LogP contribution in [0, 0.1) is 0 Å². The Morgan fingerprint density at radius 1 is 1.17 bits per heavy atom. The van der Waals surface area contributed by atoms with Crippen LogP contribution in [-0.2, 0) is 17.8 Å². The first-order valence-electron chi connectivity index (χ1n) is 10.2. The molecule has 2 aromatic rings. The first-order chi connectivity index (χ1) is 13.8. The molecule has 0 unspecified atom stereocenters. The van der Waals surface area contributed by atoms with Gasteiger partial charge in [0.1, 0.15) is 12.4 Å². The molecule has 1 aromatic heterocycles. The first kappa shape index (κ1) is 23.6. The number of aliphatic imine (C=N–C) groups is 1. The normalized spacial score (nSPS) is 15.0. The number of morpholine rings is 1. The highest BCUT2D eigenvalue weighted by Gasteiger charge is 2.09. The van der Waals surface area contributed by atoms with Gasteiger partial charge in [-0.05, 0) is 25.5 Å². The predicted octanol–water partition coefficient (Wildman–Crippen LogP) is 2.33. The van der Waals surface area contributed by atoms with Crippen LogP contribution in [0.15, 0.2) is 47.7 Å². The van der Waals surface area contributed by atoms with Crippen LogP contribution in [0.1, 0.15) is 24.7 Å². The Hall–Kier alpha value is -1.65. The number of ether oxygens (including phenoxy) is 1. The Bertz CT molecular complexity index is 715. The van der Waals surface area contributed by atoms with Gasteiger partial charge in [-0.3, -0.25) is 4.90 Å². The second-order valence-corrected chi connectivity index (χ2v) is 6.89. The van der Waals surface area contributed by atoms with Gasteiger partial charge in [-0.15, -0.1) is 24.0 Å². The van der Waals surface area contributed by atoms with Crippen molar-refractivity contribution in [1.29, 1.82) is 0 Å². The third-order valence-corrected chi connectivity index (χ3v) is 4.77. The Labute approximate surface area is 191 Å². The third-order valence-electron chi connectivity index (χ3n) is 4.77. The molecule has 2 heterocycles. The maximum absolute atomic E-state index is 5.40. The van der Waals surface area contributed by atoms with E-state index in [0.717, 1.165) is 70.7 Å². The summed E-state index contributed by atoms with van der Waals surface area (Å²) in [6, 6.07) is 10.4. The third kappa shape index (κ3) is 8.31. The molecule has 2 N–H and O–H groups in total. The lowest BCUT2D eigenvalue weighted by Gasteiger charge is -2.26. The van der Waals surface area contributed by atoms with E-state index in [2.05, 4.69) is 56.3 Å². The van der Waals surface area contributed by atoms with Crippen LogP contribution in [-0.4, -0.2) is 66.3 Å². The second kappa shape index (κ2) is 13.6. The monoisotopic (exact) mass is 512 g/mol. The number of aromatic nitrogens is 2. The largest absolute Gasteiger partial charge is 0.379 e. The lowest BCUT2D eigenvalue weighted by atomic mass is 10.2. The number of imidazole rings is 1. The topological polar surface area (TPSA) is 66.7 Å². The van der Waals surface area contributed by atoms with Crippen LogP contribution < -0.4 is 10.6 Å². The number of nitrogens with one attached hydrogen (secondary N) is 2. The van der Waals surface area contributed by atoms with Gasteiger partial charge in [0.15, 0.2) is 5.96 Å². The van der Waals surface area contributed by atoms with Crippen molar-refractivity contribution in [3.8, 4) is 0 Å². The van der Waals surface area contributed by atoms with Crippen molar-refractivity contribution in [2.24, 2.45) is 4.99 Å². The van der Waals surface area contributed by atoms with Crippen LogP contribution in [0.3, 0.4) is 0 Å². The number of nitrogens with zero attached hydrogens (tertiary/aromatic N) is 4. The predicted molar refractivity (Wildman–Crippen MR) is 128 cm³/mol. The Kier molecular flexibility index (Phi) is 11.0. The standard InChI is InChI=1S/C21H32N6O.HI/c1-2-22-21(24-9-6-11-26-13-15-28-16-14-26)25-17-20-23-10-12-27(20)18-19-7-4-3-5-8-19;/h3-5,7-8,10,12H,2,6,9,11,13-18H2,1H3,(H2,22,24,25);1H. The van der Waals surface area contributed by atoms with Gasteiger partial charge in [0.05, 0.1) is 13.2 Å². The molecule has 0 atom stereocenters. The van der Waals surface area contributed by atoms with Crippen molar-refractivity contribution < 1.29 is 4.74 Å². The fourth-order valence-electron chi connectivity index (χ4n) is 3.24. The van der Waals surface area contributed by atoms with Gasteiger partial charge in [0.25, 0.3) is 0 Å². The molecule has 0 aliphatic carbocycles. The van der Waals surface area contributed by atoms with E-state index < -0.39 is 0 Å². The fourth-order valence-corrected chi connectivity index (χ4v) is 3.24. The Balaban J connectivity index is 0.00000300. The quantitative estimate of drug-likeness (QED) is 0.234. The summed E-state index contributed by atoms with van der Waals surface area (Å²) in [6.07, 6.45) is 4.95. The Morgan fingerprint density at radius 2 is 1.97 bits per heavy atom. The van der Waals surface area contributed by atoms with E-state index in [1.54, 1.807) is 0 Å². The summed E-state index contributed by atoms with van der Waals surface area (Å²) in [7, 11) is 0. The average Bonchev–Trinajstić information content (AvgIpc) is 3.17. The zero-order chi connectivity index (χ0) is 19.4. The second-order valence-electron chi connectivity index (χ2n) is 6.89. The van der Waals surface area contributed by atoms with Crippen molar-refractivity contribution in [1.82, 2.24) is 25.1 Å². The van der Waals surface area contributed by atoms with Crippen molar-refractivity contribution in [2.75, 3.05) is 45.9 Å². The van der Waals surface area contributed by atoms with E-state index in [1.165, 1.54) is 5.56 Å². The van der Waals surface area contributed by atoms with Gasteiger partial charge < -0.3 is 19.9 Å². The molecule has 0 saturated carbocycles. The molecule has 1 aromatic carbocycles. The van der Waals surface area contributed by atoms with Crippen molar-refractivity contribution in [2.45, 2.75) is 26.4 Å². The highest BCUT2D eigenvalue weighted by atomic mass is 127. The zero-order valence-corrected chi connectivity index (χ0v) is 19.5. The van der Waals surface area contributed by atoms with Crippen LogP contribution in [0.2, 0.25) is 0 Å². The van der Waals surface area contributed by atoms with Gasteiger partial charge in [-0.25, -0.2) is 9.98 Å². The molecule has 1 aliphatic rings. The molecule has 0 amide bonds. The lowest BCUT2D eigenvalue weighted by molar-refractivity contribution is 0.0376. The van der Waals surface area contributed by atoms with Crippen LogP contribution in [0.4, 0.5) is 0 Å². The SMILES string of the molecule is CCNC(=NCc1nccn1Cc1ccccc1)NCCCN1CCOCC1.I. The van der Waals surface area contributed by atoms with Gasteiger partial charge in [0, 0.05) is 45.1 Å². The zero-order valence-electron chi connectivity index (χ0n) is 17.2. The summed E-state index contributed by atoms with van der Waals surface area (Å²) >= 11 is 0. The van der Waals surface area contributed by atoms with E-state index in [9.17, 15) is 0 Å². The van der Waals surface area contributed by atoms with E-state index in [0.29, 0.717) is 6.54 Å². The van der Waals surface area contributed by atoms with Crippen molar-refractivity contribution >= 4 is 29.9 Å². The molecule has 1 saturated heterocycles. The van der Waals surface area contributed by atoms with Gasteiger partial charge in [0.2, 0.25) is 0 Å². The van der Waals surface area contributed by atoms with E-state index in [-0.39, 0.29) is 24.0 Å². The van der Waals surface area contributed by atoms with Crippen molar-refractivity contribution in [3.63, 3.8) is 0 Å². The number of rotatable bonds is 9. The van der Waals surface area contributed by atoms with Gasteiger partial charge in [-0.1, -0.05) is 30.3 Å². The van der Waals surface area contributed by atoms with Crippen LogP contribution in [0.5, 0.6) is 0 Å². The summed E-state index contributed by atoms with van der Waals surface area (Å²) in [5.41, 5.74) is 1.26. The number of hydrogen-bond donors (Lipinski definition) is 2. The molecule has 8 heteroatoms. The molecule has 0 bridgehead atoms. The number of benzene rings is 1. The number of halogens is 1. The maximum Gasteiger partial charge on any atom is 0.191 e. The average molecular weight is 512 g/mol. The molecule has 1 fully saturated rings. The molecular formula is C21H33IN6O. The Morgan fingerprint density at radius 3 is 2.72 bits per heavy atom. The van der Waals surface area contributed by atoms with E-state index >= 15 is 0 Å². The van der Waals surface area contributed by atoms with Crippen LogP contribution in [0.25, 0.3) is 0 Å². The number of guanidine groups is 1. The smallest absolute Gasteiger partial charge is 0.191 e. The molecule has 3 rings (SSSR count). The molecule has 7 nitrogen and oxygen atoms in total. The lowest BCUT2D eigenvalue weighted by Crippen LogP contribution is -2.40. The van der Waals surface area contributed by atoms with E-state index in [1.807, 2.05) is 18.5 Å². The minimum Gasteiger partial charge on any atom is -0.379 e. The summed E-state index contributed by atoms with van der Waals surface area (Å²) in [5.74, 6) is 1.81. The summed E-state index contributed by atoms with van der Waals surface area (Å²) < 4.78 is 7.55. The minimum absolute atomic E-state index is 0. The fraction of sp³-hybridized carbons (Fsp3) is 0.524. The number of hydrogen-bond acceptors (Lipinski definition) is 4. The molecule has 160 valence electrons. The van der Waals surface area contributed by atoms with Crippen molar-refractivity contribution in [3.05, 3.63) is 54.1 Å². The summed E-state index contributed by atoms with van der Waals surface area (Å²) in [4.78, 5) is 11.7. The highest BCUT2D eigenvalue weighted by Crippen LogP contribution is 2.06. The maximum atomic E-state index is 5.40. The molecular weight excluding hydrogens is 479 g/mol. The molecule has 0 radical (unpaired) electrons. The highest BCUT2D eigenvalue weighted by molar-refractivity contribution is 14.0. The van der Waals surface area contributed by atoms with E-state index in [4.69, 9.17) is 9.73 Å². The summed E-state index contributed by atoms with van der Waals surface area (Å²) in [5, 5.41) is 6.76. The van der Waals surface area contributed by atoms with Gasteiger partial charge in [-0.2, -0.15) is 0 Å². The van der Waals surface area contributed by atoms with Crippen LogP contribution >= 0.6 is 24.0 Å². The first-order valence-corrected chi connectivity index (χ1v) is 10.2. The minimum atomic E-state index is 0. The molecule has 1 aliphatic heterocycles. The summed E-state index contributed by atoms with van der Waals surface area (Å²) in [6.45, 7) is 10.1. The van der Waals surface area contributed by atoms with Gasteiger partial charge >= 0.3 is 0 Å². The molecule has 29 heavy (non-hydrogen) atoms. The molecule has 0 spiro atoms.